The Balaban J connectivity index is 0.00000361. The van der Waals surface area contributed by atoms with Gasteiger partial charge in [0.15, 0.2) is 5.96 Å². The molecule has 0 aromatic carbocycles. The van der Waals surface area contributed by atoms with Gasteiger partial charge in [-0.25, -0.2) is 0 Å². The third-order valence-corrected chi connectivity index (χ3v) is 2.92. The standard InChI is InChI=1S/C13H26N4O2.HI/c1-10-9-17(7-8-19-10)12(14)16-6-5-15-11(18)13(2,3)4;/h10H,5-9H2,1-4H3,(H2,14,16)(H,15,18);1H. The van der Waals surface area contributed by atoms with Crippen LogP contribution in [-0.2, 0) is 9.53 Å². The summed E-state index contributed by atoms with van der Waals surface area (Å²) in [4.78, 5) is 17.9. The summed E-state index contributed by atoms with van der Waals surface area (Å²) >= 11 is 0. The lowest BCUT2D eigenvalue weighted by Gasteiger charge is -2.31. The Hall–Kier alpha value is -0.570. The zero-order valence-corrected chi connectivity index (χ0v) is 15.1. The molecule has 7 heteroatoms. The van der Waals surface area contributed by atoms with E-state index in [2.05, 4.69) is 10.3 Å². The Morgan fingerprint density at radius 2 is 2.15 bits per heavy atom. The number of carbonyl (C=O) groups excluding carboxylic acids is 1. The smallest absolute Gasteiger partial charge is 0.225 e. The van der Waals surface area contributed by atoms with Crippen LogP contribution in [0.15, 0.2) is 4.99 Å². The summed E-state index contributed by atoms with van der Waals surface area (Å²) < 4.78 is 5.44. The van der Waals surface area contributed by atoms with Gasteiger partial charge in [-0.2, -0.15) is 0 Å². The van der Waals surface area contributed by atoms with E-state index in [0.717, 1.165) is 13.1 Å². The second kappa shape index (κ2) is 8.66. The molecule has 0 aromatic heterocycles. The number of nitrogens with zero attached hydrogens (tertiary/aromatic N) is 2. The number of rotatable bonds is 3. The van der Waals surface area contributed by atoms with E-state index in [1.807, 2.05) is 32.6 Å². The highest BCUT2D eigenvalue weighted by Crippen LogP contribution is 2.11. The first kappa shape index (κ1) is 19.4. The van der Waals surface area contributed by atoms with Gasteiger partial charge in [0.2, 0.25) is 5.91 Å². The van der Waals surface area contributed by atoms with Crippen molar-refractivity contribution in [1.82, 2.24) is 10.2 Å². The van der Waals surface area contributed by atoms with E-state index in [-0.39, 0.29) is 41.4 Å². The number of morpholine rings is 1. The highest BCUT2D eigenvalue weighted by atomic mass is 127. The van der Waals surface area contributed by atoms with Crippen molar-refractivity contribution in [3.05, 3.63) is 0 Å². The fraction of sp³-hybridized carbons (Fsp3) is 0.846. The van der Waals surface area contributed by atoms with E-state index in [4.69, 9.17) is 10.5 Å². The van der Waals surface area contributed by atoms with Crippen molar-refractivity contribution in [3.8, 4) is 0 Å². The van der Waals surface area contributed by atoms with E-state index in [9.17, 15) is 4.79 Å². The summed E-state index contributed by atoms with van der Waals surface area (Å²) in [7, 11) is 0. The van der Waals surface area contributed by atoms with Gasteiger partial charge in [0.25, 0.3) is 0 Å². The molecule has 1 fully saturated rings. The maximum Gasteiger partial charge on any atom is 0.225 e. The van der Waals surface area contributed by atoms with Crippen molar-refractivity contribution in [2.45, 2.75) is 33.8 Å². The lowest BCUT2D eigenvalue weighted by molar-refractivity contribution is -0.128. The highest BCUT2D eigenvalue weighted by Gasteiger charge is 2.20. The molecule has 20 heavy (non-hydrogen) atoms. The highest BCUT2D eigenvalue weighted by molar-refractivity contribution is 14.0. The van der Waals surface area contributed by atoms with E-state index in [1.54, 1.807) is 0 Å². The van der Waals surface area contributed by atoms with Crippen molar-refractivity contribution in [2.75, 3.05) is 32.8 Å². The molecule has 1 atom stereocenters. The Morgan fingerprint density at radius 1 is 1.50 bits per heavy atom. The number of hydrogen-bond donors (Lipinski definition) is 2. The molecule has 0 bridgehead atoms. The molecule has 3 N–H and O–H groups in total. The Morgan fingerprint density at radius 3 is 2.70 bits per heavy atom. The van der Waals surface area contributed by atoms with Crippen molar-refractivity contribution in [1.29, 1.82) is 0 Å². The fourth-order valence-electron chi connectivity index (χ4n) is 1.73. The van der Waals surface area contributed by atoms with Crippen LogP contribution in [0, 0.1) is 5.41 Å². The van der Waals surface area contributed by atoms with Gasteiger partial charge in [0.1, 0.15) is 0 Å². The second-order valence-electron chi connectivity index (χ2n) is 5.87. The van der Waals surface area contributed by atoms with Gasteiger partial charge in [-0.05, 0) is 6.92 Å². The maximum absolute atomic E-state index is 11.6. The molecule has 1 unspecified atom stereocenters. The number of ether oxygens (including phenoxy) is 1. The first-order valence-corrected chi connectivity index (χ1v) is 6.75. The molecule has 0 spiro atoms. The van der Waals surface area contributed by atoms with Crippen molar-refractivity contribution < 1.29 is 9.53 Å². The summed E-state index contributed by atoms with van der Waals surface area (Å²) in [5, 5.41) is 2.84. The van der Waals surface area contributed by atoms with Crippen LogP contribution in [0.5, 0.6) is 0 Å². The van der Waals surface area contributed by atoms with Crippen LogP contribution in [0.1, 0.15) is 27.7 Å². The predicted molar refractivity (Wildman–Crippen MR) is 91.4 cm³/mol. The fourth-order valence-corrected chi connectivity index (χ4v) is 1.73. The van der Waals surface area contributed by atoms with E-state index < -0.39 is 0 Å². The number of nitrogens with one attached hydrogen (secondary N) is 1. The van der Waals surface area contributed by atoms with Crippen LogP contribution in [-0.4, -0.2) is 55.7 Å². The van der Waals surface area contributed by atoms with Crippen molar-refractivity contribution in [3.63, 3.8) is 0 Å². The number of halogens is 1. The zero-order chi connectivity index (χ0) is 14.5. The summed E-state index contributed by atoms with van der Waals surface area (Å²) in [6.45, 7) is 10.9. The molecule has 118 valence electrons. The van der Waals surface area contributed by atoms with E-state index in [0.29, 0.717) is 25.7 Å². The number of nitrogens with two attached hydrogens (primary N) is 1. The van der Waals surface area contributed by atoms with Gasteiger partial charge in [-0.3, -0.25) is 9.79 Å². The maximum atomic E-state index is 11.6. The quantitative estimate of drug-likeness (QED) is 0.319. The number of guanidine groups is 1. The summed E-state index contributed by atoms with van der Waals surface area (Å²) in [5.74, 6) is 0.557. The first-order valence-electron chi connectivity index (χ1n) is 6.75. The third-order valence-electron chi connectivity index (χ3n) is 2.92. The molecule has 1 rings (SSSR count). The average Bonchev–Trinajstić information content (AvgIpc) is 2.32. The number of aliphatic imine (C=N–C) groups is 1. The molecule has 1 amide bonds. The van der Waals surface area contributed by atoms with Crippen LogP contribution in [0.25, 0.3) is 0 Å². The molecule has 0 aromatic rings. The molecule has 0 aliphatic carbocycles. The minimum Gasteiger partial charge on any atom is -0.375 e. The van der Waals surface area contributed by atoms with Crippen LogP contribution in [0.4, 0.5) is 0 Å². The molecular formula is C13H27IN4O2. The molecule has 1 aliphatic heterocycles. The van der Waals surface area contributed by atoms with E-state index in [1.165, 1.54) is 0 Å². The van der Waals surface area contributed by atoms with Crippen LogP contribution in [0.2, 0.25) is 0 Å². The zero-order valence-electron chi connectivity index (χ0n) is 12.8. The Labute approximate surface area is 138 Å². The molecule has 1 heterocycles. The molecule has 1 saturated heterocycles. The van der Waals surface area contributed by atoms with Gasteiger partial charge >= 0.3 is 0 Å². The monoisotopic (exact) mass is 398 g/mol. The van der Waals surface area contributed by atoms with Crippen LogP contribution >= 0.6 is 24.0 Å². The molecular weight excluding hydrogens is 371 g/mol. The number of carbonyl (C=O) groups is 1. The second-order valence-corrected chi connectivity index (χ2v) is 5.87. The lowest BCUT2D eigenvalue weighted by Crippen LogP contribution is -2.48. The van der Waals surface area contributed by atoms with Crippen LogP contribution in [0.3, 0.4) is 0 Å². The van der Waals surface area contributed by atoms with Gasteiger partial charge in [0.05, 0.1) is 19.3 Å². The van der Waals surface area contributed by atoms with Crippen LogP contribution < -0.4 is 11.1 Å². The summed E-state index contributed by atoms with van der Waals surface area (Å²) in [6, 6.07) is 0. The molecule has 6 nitrogen and oxygen atoms in total. The van der Waals surface area contributed by atoms with Gasteiger partial charge < -0.3 is 20.7 Å². The molecule has 0 saturated carbocycles. The normalized spacial score (nSPS) is 20.3. The third kappa shape index (κ3) is 6.74. The SMILES string of the molecule is CC1CN(C(N)=NCCNC(=O)C(C)(C)C)CCO1.I. The summed E-state index contributed by atoms with van der Waals surface area (Å²) in [5.41, 5.74) is 5.55. The van der Waals surface area contributed by atoms with Crippen molar-refractivity contribution >= 4 is 35.8 Å². The van der Waals surface area contributed by atoms with Gasteiger partial charge in [0, 0.05) is 25.0 Å². The summed E-state index contributed by atoms with van der Waals surface area (Å²) in [6.07, 6.45) is 0.183. The Kier molecular flexibility index (Phi) is 8.41. The van der Waals surface area contributed by atoms with Gasteiger partial charge in [-0.15, -0.1) is 24.0 Å². The van der Waals surface area contributed by atoms with E-state index >= 15 is 0 Å². The van der Waals surface area contributed by atoms with Gasteiger partial charge in [-0.1, -0.05) is 20.8 Å². The molecule has 0 radical (unpaired) electrons. The minimum atomic E-state index is -0.366. The topological polar surface area (TPSA) is 80.0 Å². The number of amides is 1. The first-order chi connectivity index (χ1) is 8.80. The lowest BCUT2D eigenvalue weighted by atomic mass is 9.96. The van der Waals surface area contributed by atoms with Crippen molar-refractivity contribution in [2.24, 2.45) is 16.1 Å². The number of hydrogen-bond acceptors (Lipinski definition) is 3. The average molecular weight is 398 g/mol. The minimum absolute atomic E-state index is 0. The molecule has 1 aliphatic rings. The predicted octanol–water partition coefficient (Wildman–Crippen LogP) is 0.802. The largest absolute Gasteiger partial charge is 0.375 e. The Bertz CT molecular complexity index is 342.